The molecule has 7 heteroatoms. The van der Waals surface area contributed by atoms with Crippen molar-refractivity contribution in [2.24, 2.45) is 0 Å². The highest BCUT2D eigenvalue weighted by atomic mass is 79.9. The lowest BCUT2D eigenvalue weighted by molar-refractivity contribution is -0.115. The molecular weight excluding hydrogens is 360 g/mol. The highest BCUT2D eigenvalue weighted by Crippen LogP contribution is 2.25. The van der Waals surface area contributed by atoms with Crippen molar-refractivity contribution in [2.45, 2.75) is 20.0 Å². The van der Waals surface area contributed by atoms with Crippen LogP contribution in [0.25, 0.3) is 0 Å². The first-order valence-corrected chi connectivity index (χ1v) is 7.27. The molecule has 0 bridgehead atoms. The minimum atomic E-state index is -0.102. The van der Waals surface area contributed by atoms with Crippen LogP contribution >= 0.6 is 28.3 Å². The van der Waals surface area contributed by atoms with Crippen LogP contribution in [0.2, 0.25) is 0 Å². The second kappa shape index (κ2) is 10.8. The Labute approximate surface area is 140 Å². The zero-order valence-corrected chi connectivity index (χ0v) is 14.8. The highest BCUT2D eigenvalue weighted by molar-refractivity contribution is 9.10. The fraction of sp³-hybridized carbons (Fsp3) is 0.500. The Balaban J connectivity index is 0.00000400. The lowest BCUT2D eigenvalue weighted by Crippen LogP contribution is -2.30. The summed E-state index contributed by atoms with van der Waals surface area (Å²) >= 11 is 3.40. The summed E-state index contributed by atoms with van der Waals surface area (Å²) < 4.78 is 11.4. The molecule has 120 valence electrons. The second-order valence-electron chi connectivity index (χ2n) is 4.56. The molecule has 0 aliphatic rings. The van der Waals surface area contributed by atoms with Crippen LogP contribution in [0.5, 0.6) is 5.75 Å². The maximum absolute atomic E-state index is 11.7. The summed E-state index contributed by atoms with van der Waals surface area (Å²) in [5.74, 6) is 0.617. The Morgan fingerprint density at radius 3 is 2.67 bits per heavy atom. The number of halogens is 2. The maximum Gasteiger partial charge on any atom is 0.238 e. The standard InChI is InChI=1S/C14H21BrN2O3.ClH/c1-10(2)20-13-7-11(15)6-12(8-13)17-14(18)9-16-4-5-19-3;/h6-8,10,16H,4-5,9H2,1-3H3,(H,17,18);1H. The van der Waals surface area contributed by atoms with Gasteiger partial charge >= 0.3 is 0 Å². The molecule has 2 N–H and O–H groups in total. The third kappa shape index (κ3) is 8.93. The SMILES string of the molecule is COCCNCC(=O)Nc1cc(Br)cc(OC(C)C)c1.Cl. The summed E-state index contributed by atoms with van der Waals surface area (Å²) in [6, 6.07) is 5.50. The average molecular weight is 382 g/mol. The zero-order valence-electron chi connectivity index (χ0n) is 12.4. The van der Waals surface area contributed by atoms with Crippen LogP contribution in [-0.4, -0.2) is 38.8 Å². The van der Waals surface area contributed by atoms with Crippen LogP contribution in [0.3, 0.4) is 0 Å². The van der Waals surface area contributed by atoms with E-state index in [1.165, 1.54) is 0 Å². The van der Waals surface area contributed by atoms with Gasteiger partial charge in [0.15, 0.2) is 0 Å². The third-order valence-corrected chi connectivity index (χ3v) is 2.75. The van der Waals surface area contributed by atoms with Gasteiger partial charge in [-0.1, -0.05) is 15.9 Å². The summed E-state index contributed by atoms with van der Waals surface area (Å²) in [4.78, 5) is 11.7. The molecular formula is C14H22BrClN2O3. The van der Waals surface area contributed by atoms with Gasteiger partial charge in [0.2, 0.25) is 5.91 Å². The molecule has 0 spiro atoms. The van der Waals surface area contributed by atoms with Gasteiger partial charge in [0, 0.05) is 29.9 Å². The summed E-state index contributed by atoms with van der Waals surface area (Å²) in [5.41, 5.74) is 0.702. The van der Waals surface area contributed by atoms with Gasteiger partial charge in [0.05, 0.1) is 19.3 Å². The van der Waals surface area contributed by atoms with Gasteiger partial charge in [-0.3, -0.25) is 4.79 Å². The number of hydrogen-bond acceptors (Lipinski definition) is 4. The summed E-state index contributed by atoms with van der Waals surface area (Å²) in [7, 11) is 1.62. The Kier molecular flexibility index (Phi) is 10.4. The molecule has 0 radical (unpaired) electrons. The topological polar surface area (TPSA) is 59.6 Å². The lowest BCUT2D eigenvalue weighted by Gasteiger charge is -2.12. The number of carbonyl (C=O) groups excluding carboxylic acids is 1. The summed E-state index contributed by atoms with van der Waals surface area (Å²) in [6.07, 6.45) is 0.0866. The number of benzene rings is 1. The first kappa shape index (κ1) is 20.2. The van der Waals surface area contributed by atoms with Gasteiger partial charge in [-0.2, -0.15) is 0 Å². The molecule has 0 aliphatic carbocycles. The van der Waals surface area contributed by atoms with Crippen molar-refractivity contribution in [1.29, 1.82) is 0 Å². The van der Waals surface area contributed by atoms with Crippen molar-refractivity contribution >= 4 is 39.9 Å². The lowest BCUT2D eigenvalue weighted by atomic mass is 10.3. The number of nitrogens with one attached hydrogen (secondary N) is 2. The van der Waals surface area contributed by atoms with Gasteiger partial charge in [-0.25, -0.2) is 0 Å². The number of rotatable bonds is 8. The van der Waals surface area contributed by atoms with Gasteiger partial charge in [-0.15, -0.1) is 12.4 Å². The fourth-order valence-corrected chi connectivity index (χ4v) is 2.03. The first-order valence-electron chi connectivity index (χ1n) is 6.48. The van der Waals surface area contributed by atoms with Crippen LogP contribution in [0.1, 0.15) is 13.8 Å². The monoisotopic (exact) mass is 380 g/mol. The predicted molar refractivity (Wildman–Crippen MR) is 90.5 cm³/mol. The van der Waals surface area contributed by atoms with E-state index in [1.807, 2.05) is 26.0 Å². The molecule has 1 rings (SSSR count). The fourth-order valence-electron chi connectivity index (χ4n) is 1.56. The van der Waals surface area contributed by atoms with Crippen LogP contribution < -0.4 is 15.4 Å². The second-order valence-corrected chi connectivity index (χ2v) is 5.48. The third-order valence-electron chi connectivity index (χ3n) is 2.30. The average Bonchev–Trinajstić information content (AvgIpc) is 2.33. The van der Waals surface area contributed by atoms with E-state index >= 15 is 0 Å². The molecule has 5 nitrogen and oxygen atoms in total. The number of carbonyl (C=O) groups is 1. The molecule has 1 aromatic rings. The molecule has 0 fully saturated rings. The summed E-state index contributed by atoms with van der Waals surface area (Å²) in [6.45, 7) is 5.38. The number of hydrogen-bond donors (Lipinski definition) is 2. The smallest absolute Gasteiger partial charge is 0.238 e. The van der Waals surface area contributed by atoms with Crippen LogP contribution in [-0.2, 0) is 9.53 Å². The van der Waals surface area contributed by atoms with E-state index in [-0.39, 0.29) is 31.0 Å². The first-order chi connectivity index (χ1) is 9.51. The van der Waals surface area contributed by atoms with Gasteiger partial charge in [0.1, 0.15) is 5.75 Å². The predicted octanol–water partition coefficient (Wildman–Crippen LogP) is 2.83. The van der Waals surface area contributed by atoms with E-state index in [4.69, 9.17) is 9.47 Å². The minimum absolute atomic E-state index is 0. The minimum Gasteiger partial charge on any atom is -0.491 e. The van der Waals surface area contributed by atoms with Crippen molar-refractivity contribution in [3.63, 3.8) is 0 Å². The van der Waals surface area contributed by atoms with Crippen molar-refractivity contribution in [1.82, 2.24) is 5.32 Å². The zero-order chi connectivity index (χ0) is 15.0. The van der Waals surface area contributed by atoms with E-state index in [2.05, 4.69) is 26.6 Å². The molecule has 0 heterocycles. The van der Waals surface area contributed by atoms with Crippen LogP contribution in [0.15, 0.2) is 22.7 Å². The molecule has 0 atom stereocenters. The molecule has 1 aromatic carbocycles. The quantitative estimate of drug-likeness (QED) is 0.680. The van der Waals surface area contributed by atoms with Crippen LogP contribution in [0, 0.1) is 0 Å². The molecule has 0 aromatic heterocycles. The van der Waals surface area contributed by atoms with E-state index in [0.29, 0.717) is 18.8 Å². The molecule has 0 unspecified atom stereocenters. The Hall–Kier alpha value is -0.820. The highest BCUT2D eigenvalue weighted by Gasteiger charge is 2.06. The Morgan fingerprint density at radius 2 is 2.05 bits per heavy atom. The number of ether oxygens (including phenoxy) is 2. The van der Waals surface area contributed by atoms with Gasteiger partial charge in [-0.05, 0) is 26.0 Å². The van der Waals surface area contributed by atoms with E-state index in [9.17, 15) is 4.79 Å². The number of amides is 1. The van der Waals surface area contributed by atoms with E-state index < -0.39 is 0 Å². The van der Waals surface area contributed by atoms with Crippen molar-refractivity contribution in [3.05, 3.63) is 22.7 Å². The van der Waals surface area contributed by atoms with Crippen molar-refractivity contribution in [3.8, 4) is 5.75 Å². The number of methoxy groups -OCH3 is 1. The van der Waals surface area contributed by atoms with Gasteiger partial charge in [0.25, 0.3) is 0 Å². The van der Waals surface area contributed by atoms with Crippen molar-refractivity contribution < 1.29 is 14.3 Å². The van der Waals surface area contributed by atoms with E-state index in [0.717, 1.165) is 10.2 Å². The van der Waals surface area contributed by atoms with Gasteiger partial charge < -0.3 is 20.1 Å². The molecule has 0 saturated heterocycles. The Bertz CT molecular complexity index is 444. The number of anilines is 1. The maximum atomic E-state index is 11.7. The molecule has 1 amide bonds. The molecule has 0 aliphatic heterocycles. The molecule has 0 saturated carbocycles. The Morgan fingerprint density at radius 1 is 1.33 bits per heavy atom. The summed E-state index contributed by atoms with van der Waals surface area (Å²) in [5, 5.41) is 5.81. The van der Waals surface area contributed by atoms with Crippen molar-refractivity contribution in [2.75, 3.05) is 32.1 Å². The van der Waals surface area contributed by atoms with E-state index in [1.54, 1.807) is 13.2 Å². The largest absolute Gasteiger partial charge is 0.491 e. The normalized spacial score (nSPS) is 10.1. The molecule has 21 heavy (non-hydrogen) atoms. The van der Waals surface area contributed by atoms with Crippen LogP contribution in [0.4, 0.5) is 5.69 Å².